The van der Waals surface area contributed by atoms with E-state index in [2.05, 4.69) is 5.32 Å². The van der Waals surface area contributed by atoms with E-state index in [4.69, 9.17) is 11.6 Å². The molecule has 0 aromatic heterocycles. The SMILES string of the molecule is O=C(NCC1CCCC1Cl)c1cccc(F)c1. The molecule has 1 N–H and O–H groups in total. The number of carbonyl (C=O) groups excluding carboxylic acids is 1. The lowest BCUT2D eigenvalue weighted by molar-refractivity contribution is 0.0947. The molecule has 1 aliphatic carbocycles. The molecule has 1 fully saturated rings. The number of amides is 1. The molecule has 0 saturated heterocycles. The number of rotatable bonds is 3. The number of alkyl halides is 1. The van der Waals surface area contributed by atoms with Crippen LogP contribution in [0.5, 0.6) is 0 Å². The Labute approximate surface area is 105 Å². The van der Waals surface area contributed by atoms with Crippen LogP contribution in [0.25, 0.3) is 0 Å². The minimum atomic E-state index is -0.395. The molecule has 1 saturated carbocycles. The van der Waals surface area contributed by atoms with Crippen LogP contribution >= 0.6 is 11.6 Å². The Bertz CT molecular complexity index is 410. The minimum Gasteiger partial charge on any atom is -0.352 e. The molecule has 1 aliphatic rings. The molecule has 0 bridgehead atoms. The first-order valence-electron chi connectivity index (χ1n) is 5.84. The monoisotopic (exact) mass is 255 g/mol. The summed E-state index contributed by atoms with van der Waals surface area (Å²) in [5, 5.41) is 2.96. The van der Waals surface area contributed by atoms with Crippen LogP contribution in [-0.2, 0) is 0 Å². The number of nitrogens with one attached hydrogen (secondary N) is 1. The number of carbonyl (C=O) groups is 1. The topological polar surface area (TPSA) is 29.1 Å². The van der Waals surface area contributed by atoms with E-state index < -0.39 is 5.82 Å². The van der Waals surface area contributed by atoms with E-state index in [0.717, 1.165) is 19.3 Å². The summed E-state index contributed by atoms with van der Waals surface area (Å²) < 4.78 is 12.9. The second-order valence-electron chi connectivity index (χ2n) is 4.43. The van der Waals surface area contributed by atoms with Crippen molar-refractivity contribution in [1.82, 2.24) is 5.32 Å². The van der Waals surface area contributed by atoms with Crippen molar-refractivity contribution >= 4 is 17.5 Å². The van der Waals surface area contributed by atoms with Crippen LogP contribution < -0.4 is 5.32 Å². The van der Waals surface area contributed by atoms with Gasteiger partial charge in [0.1, 0.15) is 5.82 Å². The molecular weight excluding hydrogens is 241 g/mol. The summed E-state index contributed by atoms with van der Waals surface area (Å²) in [5.41, 5.74) is 0.356. The number of halogens is 2. The van der Waals surface area contributed by atoms with Gasteiger partial charge in [0.25, 0.3) is 5.91 Å². The van der Waals surface area contributed by atoms with Crippen molar-refractivity contribution < 1.29 is 9.18 Å². The van der Waals surface area contributed by atoms with E-state index in [9.17, 15) is 9.18 Å². The van der Waals surface area contributed by atoms with Gasteiger partial charge in [-0.25, -0.2) is 4.39 Å². The Morgan fingerprint density at radius 1 is 1.47 bits per heavy atom. The van der Waals surface area contributed by atoms with Crippen molar-refractivity contribution in [1.29, 1.82) is 0 Å². The lowest BCUT2D eigenvalue weighted by atomic mass is 10.1. The van der Waals surface area contributed by atoms with Crippen LogP contribution in [0, 0.1) is 11.7 Å². The highest BCUT2D eigenvalue weighted by molar-refractivity contribution is 6.21. The highest BCUT2D eigenvalue weighted by atomic mass is 35.5. The molecule has 0 spiro atoms. The van der Waals surface area contributed by atoms with Crippen LogP contribution in [0.1, 0.15) is 29.6 Å². The Hall–Kier alpha value is -1.09. The van der Waals surface area contributed by atoms with Crippen molar-refractivity contribution in [3.8, 4) is 0 Å². The molecule has 0 aliphatic heterocycles. The Morgan fingerprint density at radius 2 is 2.29 bits per heavy atom. The summed E-state index contributed by atoms with van der Waals surface area (Å²) in [4.78, 5) is 11.7. The summed E-state index contributed by atoms with van der Waals surface area (Å²) in [7, 11) is 0. The van der Waals surface area contributed by atoms with Crippen molar-refractivity contribution in [2.24, 2.45) is 5.92 Å². The zero-order chi connectivity index (χ0) is 12.3. The van der Waals surface area contributed by atoms with E-state index in [0.29, 0.717) is 18.0 Å². The zero-order valence-corrected chi connectivity index (χ0v) is 10.2. The third kappa shape index (κ3) is 3.19. The van der Waals surface area contributed by atoms with Gasteiger partial charge in [0.15, 0.2) is 0 Å². The summed E-state index contributed by atoms with van der Waals surface area (Å²) in [6.07, 6.45) is 3.19. The summed E-state index contributed by atoms with van der Waals surface area (Å²) in [6.45, 7) is 0.573. The fourth-order valence-electron chi connectivity index (χ4n) is 2.18. The Morgan fingerprint density at radius 3 is 2.94 bits per heavy atom. The molecule has 2 nitrogen and oxygen atoms in total. The molecule has 0 heterocycles. The van der Waals surface area contributed by atoms with E-state index in [1.54, 1.807) is 6.07 Å². The second kappa shape index (κ2) is 5.50. The van der Waals surface area contributed by atoms with Gasteiger partial charge in [0.2, 0.25) is 0 Å². The molecule has 1 aromatic carbocycles. The van der Waals surface area contributed by atoms with Gasteiger partial charge in [-0.15, -0.1) is 11.6 Å². The fraction of sp³-hybridized carbons (Fsp3) is 0.462. The van der Waals surface area contributed by atoms with Gasteiger partial charge in [0.05, 0.1) is 0 Å². The number of hydrogen-bond acceptors (Lipinski definition) is 1. The minimum absolute atomic E-state index is 0.155. The first-order valence-corrected chi connectivity index (χ1v) is 6.28. The van der Waals surface area contributed by atoms with Gasteiger partial charge in [-0.05, 0) is 37.0 Å². The molecule has 17 heavy (non-hydrogen) atoms. The molecule has 2 rings (SSSR count). The van der Waals surface area contributed by atoms with Crippen molar-refractivity contribution in [2.45, 2.75) is 24.6 Å². The van der Waals surface area contributed by atoms with E-state index in [1.165, 1.54) is 18.2 Å². The normalized spacial score (nSPS) is 23.6. The van der Waals surface area contributed by atoms with Gasteiger partial charge < -0.3 is 5.32 Å². The quantitative estimate of drug-likeness (QED) is 0.827. The van der Waals surface area contributed by atoms with Crippen LogP contribution in [0.15, 0.2) is 24.3 Å². The van der Waals surface area contributed by atoms with Gasteiger partial charge >= 0.3 is 0 Å². The summed E-state index contributed by atoms with van der Waals surface area (Å²) >= 11 is 6.12. The van der Waals surface area contributed by atoms with Crippen molar-refractivity contribution in [3.63, 3.8) is 0 Å². The van der Waals surface area contributed by atoms with Gasteiger partial charge in [-0.2, -0.15) is 0 Å². The van der Waals surface area contributed by atoms with Gasteiger partial charge in [-0.3, -0.25) is 4.79 Å². The highest BCUT2D eigenvalue weighted by Gasteiger charge is 2.25. The number of hydrogen-bond donors (Lipinski definition) is 1. The Kier molecular flexibility index (Phi) is 4.00. The maximum Gasteiger partial charge on any atom is 0.251 e. The van der Waals surface area contributed by atoms with Crippen LogP contribution in [-0.4, -0.2) is 17.8 Å². The smallest absolute Gasteiger partial charge is 0.251 e. The second-order valence-corrected chi connectivity index (χ2v) is 4.99. The van der Waals surface area contributed by atoms with E-state index >= 15 is 0 Å². The largest absolute Gasteiger partial charge is 0.352 e. The van der Waals surface area contributed by atoms with Crippen LogP contribution in [0.2, 0.25) is 0 Å². The first-order chi connectivity index (χ1) is 8.16. The standard InChI is InChI=1S/C13H15ClFNO/c14-12-6-2-4-10(12)8-16-13(17)9-3-1-5-11(15)7-9/h1,3,5,7,10,12H,2,4,6,8H2,(H,16,17). The molecule has 92 valence electrons. The van der Waals surface area contributed by atoms with Crippen LogP contribution in [0.4, 0.5) is 4.39 Å². The van der Waals surface area contributed by atoms with Crippen molar-refractivity contribution in [2.75, 3.05) is 6.54 Å². The summed E-state index contributed by atoms with van der Waals surface area (Å²) in [5.74, 6) is -0.289. The zero-order valence-electron chi connectivity index (χ0n) is 9.46. The molecule has 1 amide bonds. The van der Waals surface area contributed by atoms with E-state index in [1.807, 2.05) is 0 Å². The Balaban J connectivity index is 1.89. The molecule has 4 heteroatoms. The lowest BCUT2D eigenvalue weighted by Gasteiger charge is -2.14. The average Bonchev–Trinajstić information content (AvgIpc) is 2.72. The predicted octanol–water partition coefficient (Wildman–Crippen LogP) is 2.96. The third-order valence-electron chi connectivity index (χ3n) is 3.18. The van der Waals surface area contributed by atoms with Crippen LogP contribution in [0.3, 0.4) is 0 Å². The molecule has 2 unspecified atom stereocenters. The molecule has 1 aromatic rings. The van der Waals surface area contributed by atoms with E-state index in [-0.39, 0.29) is 11.3 Å². The van der Waals surface area contributed by atoms with Crippen molar-refractivity contribution in [3.05, 3.63) is 35.6 Å². The van der Waals surface area contributed by atoms with Gasteiger partial charge in [0, 0.05) is 17.5 Å². The highest BCUT2D eigenvalue weighted by Crippen LogP contribution is 2.29. The molecule has 2 atom stereocenters. The lowest BCUT2D eigenvalue weighted by Crippen LogP contribution is -2.31. The average molecular weight is 256 g/mol. The maximum atomic E-state index is 12.9. The molecule has 0 radical (unpaired) electrons. The first kappa shape index (κ1) is 12.4. The fourth-order valence-corrected chi connectivity index (χ4v) is 2.55. The van der Waals surface area contributed by atoms with Gasteiger partial charge in [-0.1, -0.05) is 12.5 Å². The number of benzene rings is 1. The summed E-state index contributed by atoms with van der Waals surface area (Å²) in [6, 6.07) is 5.69. The third-order valence-corrected chi connectivity index (χ3v) is 3.75. The predicted molar refractivity (Wildman–Crippen MR) is 65.7 cm³/mol. The molecular formula is C13H15ClFNO. The maximum absolute atomic E-state index is 12.9.